The van der Waals surface area contributed by atoms with Crippen LogP contribution in [0.2, 0.25) is 0 Å². The van der Waals surface area contributed by atoms with Crippen LogP contribution in [0.5, 0.6) is 0 Å². The SMILES string of the molecule is Cc1cc(Nc2cc(NCC(C)C)ncn2)no1. The molecule has 0 bridgehead atoms. The van der Waals surface area contributed by atoms with Crippen LogP contribution in [0.25, 0.3) is 0 Å². The molecule has 0 atom stereocenters. The number of hydrogen-bond donors (Lipinski definition) is 2. The first-order valence-corrected chi connectivity index (χ1v) is 5.90. The lowest BCUT2D eigenvalue weighted by atomic mass is 10.2. The summed E-state index contributed by atoms with van der Waals surface area (Å²) in [6, 6.07) is 3.65. The van der Waals surface area contributed by atoms with Gasteiger partial charge in [-0.1, -0.05) is 19.0 Å². The van der Waals surface area contributed by atoms with Crippen molar-refractivity contribution in [3.05, 3.63) is 24.2 Å². The number of nitrogens with one attached hydrogen (secondary N) is 2. The van der Waals surface area contributed by atoms with Crippen molar-refractivity contribution in [3.8, 4) is 0 Å². The van der Waals surface area contributed by atoms with Crippen LogP contribution in [0.4, 0.5) is 17.5 Å². The molecular weight excluding hydrogens is 230 g/mol. The van der Waals surface area contributed by atoms with Gasteiger partial charge in [0.1, 0.15) is 23.7 Å². The van der Waals surface area contributed by atoms with Crippen molar-refractivity contribution in [3.63, 3.8) is 0 Å². The summed E-state index contributed by atoms with van der Waals surface area (Å²) in [4.78, 5) is 8.28. The largest absolute Gasteiger partial charge is 0.370 e. The lowest BCUT2D eigenvalue weighted by molar-refractivity contribution is 0.400. The second-order valence-corrected chi connectivity index (χ2v) is 4.51. The fraction of sp³-hybridized carbons (Fsp3) is 0.417. The average Bonchev–Trinajstić information content (AvgIpc) is 2.73. The monoisotopic (exact) mass is 247 g/mol. The first kappa shape index (κ1) is 12.3. The van der Waals surface area contributed by atoms with Crippen LogP contribution in [0.15, 0.2) is 23.0 Å². The smallest absolute Gasteiger partial charge is 0.175 e. The summed E-state index contributed by atoms with van der Waals surface area (Å²) in [5.41, 5.74) is 0. The molecule has 0 aliphatic heterocycles. The van der Waals surface area contributed by atoms with Gasteiger partial charge >= 0.3 is 0 Å². The van der Waals surface area contributed by atoms with Crippen molar-refractivity contribution < 1.29 is 4.52 Å². The molecule has 0 saturated carbocycles. The Bertz CT molecular complexity index is 509. The first-order valence-electron chi connectivity index (χ1n) is 5.90. The van der Waals surface area contributed by atoms with E-state index in [2.05, 4.69) is 39.6 Å². The van der Waals surface area contributed by atoms with E-state index in [1.165, 1.54) is 6.33 Å². The number of aryl methyl sites for hydroxylation is 1. The minimum absolute atomic E-state index is 0.564. The van der Waals surface area contributed by atoms with E-state index in [0.717, 1.165) is 18.1 Å². The van der Waals surface area contributed by atoms with E-state index in [1.54, 1.807) is 0 Å². The van der Waals surface area contributed by atoms with Gasteiger partial charge in [-0.25, -0.2) is 9.97 Å². The Morgan fingerprint density at radius 3 is 2.61 bits per heavy atom. The molecule has 0 amide bonds. The summed E-state index contributed by atoms with van der Waals surface area (Å²) in [6.07, 6.45) is 1.51. The Kier molecular flexibility index (Phi) is 3.76. The van der Waals surface area contributed by atoms with Crippen LogP contribution in [-0.2, 0) is 0 Å². The van der Waals surface area contributed by atoms with Gasteiger partial charge in [0.2, 0.25) is 0 Å². The molecule has 0 spiro atoms. The first-order chi connectivity index (χ1) is 8.63. The summed E-state index contributed by atoms with van der Waals surface area (Å²) in [6.45, 7) is 7.00. The fourth-order valence-electron chi connectivity index (χ4n) is 1.39. The highest BCUT2D eigenvalue weighted by atomic mass is 16.5. The van der Waals surface area contributed by atoms with Crippen LogP contribution >= 0.6 is 0 Å². The third kappa shape index (κ3) is 3.44. The Balaban J connectivity index is 2.02. The van der Waals surface area contributed by atoms with Crippen molar-refractivity contribution in [2.75, 3.05) is 17.2 Å². The van der Waals surface area contributed by atoms with E-state index in [-0.39, 0.29) is 0 Å². The third-order valence-corrected chi connectivity index (χ3v) is 2.24. The Labute approximate surface area is 106 Å². The molecule has 0 unspecified atom stereocenters. The van der Waals surface area contributed by atoms with Gasteiger partial charge in [0.25, 0.3) is 0 Å². The normalized spacial score (nSPS) is 10.7. The predicted octanol–water partition coefficient (Wildman–Crippen LogP) is 2.58. The average molecular weight is 247 g/mol. The minimum Gasteiger partial charge on any atom is -0.370 e. The maximum Gasteiger partial charge on any atom is 0.175 e. The molecule has 2 heterocycles. The van der Waals surface area contributed by atoms with Gasteiger partial charge in [-0.2, -0.15) is 0 Å². The summed E-state index contributed by atoms with van der Waals surface area (Å²) in [5.74, 6) is 3.44. The molecule has 96 valence electrons. The Morgan fingerprint density at radius 2 is 1.94 bits per heavy atom. The number of nitrogens with zero attached hydrogens (tertiary/aromatic N) is 3. The Hall–Kier alpha value is -2.11. The molecule has 6 heteroatoms. The van der Waals surface area contributed by atoms with Gasteiger partial charge < -0.3 is 15.2 Å². The summed E-state index contributed by atoms with van der Waals surface area (Å²) in [5, 5.41) is 10.1. The van der Waals surface area contributed by atoms with E-state index in [9.17, 15) is 0 Å². The van der Waals surface area contributed by atoms with E-state index in [4.69, 9.17) is 4.52 Å². The lowest BCUT2D eigenvalue weighted by Crippen LogP contribution is -2.09. The molecule has 18 heavy (non-hydrogen) atoms. The zero-order chi connectivity index (χ0) is 13.0. The Morgan fingerprint density at radius 1 is 1.17 bits per heavy atom. The molecule has 2 N–H and O–H groups in total. The zero-order valence-electron chi connectivity index (χ0n) is 10.8. The molecule has 2 rings (SSSR count). The van der Waals surface area contributed by atoms with Gasteiger partial charge in [-0.3, -0.25) is 0 Å². The van der Waals surface area contributed by atoms with Gasteiger partial charge in [-0.05, 0) is 12.8 Å². The summed E-state index contributed by atoms with van der Waals surface area (Å²) < 4.78 is 4.97. The molecule has 0 saturated heterocycles. The molecule has 2 aromatic heterocycles. The van der Waals surface area contributed by atoms with Crippen molar-refractivity contribution in [1.29, 1.82) is 0 Å². The summed E-state index contributed by atoms with van der Waals surface area (Å²) >= 11 is 0. The van der Waals surface area contributed by atoms with Crippen molar-refractivity contribution in [1.82, 2.24) is 15.1 Å². The zero-order valence-corrected chi connectivity index (χ0v) is 10.8. The van der Waals surface area contributed by atoms with Crippen molar-refractivity contribution in [2.24, 2.45) is 5.92 Å². The number of rotatable bonds is 5. The highest BCUT2D eigenvalue weighted by molar-refractivity contribution is 5.55. The maximum absolute atomic E-state index is 4.97. The van der Waals surface area contributed by atoms with Crippen molar-refractivity contribution in [2.45, 2.75) is 20.8 Å². The van der Waals surface area contributed by atoms with E-state index in [0.29, 0.717) is 17.6 Å². The third-order valence-electron chi connectivity index (χ3n) is 2.24. The quantitative estimate of drug-likeness (QED) is 0.845. The minimum atomic E-state index is 0.564. The van der Waals surface area contributed by atoms with E-state index in [1.807, 2.05) is 19.1 Å². The second-order valence-electron chi connectivity index (χ2n) is 4.51. The molecule has 6 nitrogen and oxygen atoms in total. The lowest BCUT2D eigenvalue weighted by Gasteiger charge is -2.08. The number of anilines is 3. The predicted molar refractivity (Wildman–Crippen MR) is 69.9 cm³/mol. The van der Waals surface area contributed by atoms with Crippen LogP contribution < -0.4 is 10.6 Å². The molecule has 0 aromatic carbocycles. The summed E-state index contributed by atoms with van der Waals surface area (Å²) in [7, 11) is 0. The van der Waals surface area contributed by atoms with Crippen LogP contribution in [0, 0.1) is 12.8 Å². The standard InChI is InChI=1S/C12H17N5O/c1-8(2)6-13-10-5-11(15-7-14-10)16-12-4-9(3)18-17-12/h4-5,7-8H,6H2,1-3H3,(H2,13,14,15,16,17). The van der Waals surface area contributed by atoms with Gasteiger partial charge in [-0.15, -0.1) is 0 Å². The molecule has 2 aromatic rings. The van der Waals surface area contributed by atoms with Crippen LogP contribution in [0.1, 0.15) is 19.6 Å². The molecule has 0 aliphatic rings. The van der Waals surface area contributed by atoms with E-state index >= 15 is 0 Å². The maximum atomic E-state index is 4.97. The van der Waals surface area contributed by atoms with Crippen molar-refractivity contribution >= 4 is 17.5 Å². The van der Waals surface area contributed by atoms with Gasteiger partial charge in [0.05, 0.1) is 0 Å². The molecular formula is C12H17N5O. The molecule has 0 aliphatic carbocycles. The van der Waals surface area contributed by atoms with Gasteiger partial charge in [0.15, 0.2) is 5.82 Å². The fourth-order valence-corrected chi connectivity index (χ4v) is 1.39. The topological polar surface area (TPSA) is 75.9 Å². The van der Waals surface area contributed by atoms with Crippen LogP contribution in [0.3, 0.4) is 0 Å². The highest BCUT2D eigenvalue weighted by Gasteiger charge is 2.03. The molecule has 0 radical (unpaired) electrons. The number of aromatic nitrogens is 3. The second kappa shape index (κ2) is 5.48. The van der Waals surface area contributed by atoms with Gasteiger partial charge in [0, 0.05) is 18.7 Å². The van der Waals surface area contributed by atoms with E-state index < -0.39 is 0 Å². The molecule has 0 fully saturated rings. The van der Waals surface area contributed by atoms with Crippen LogP contribution in [-0.4, -0.2) is 21.7 Å². The highest BCUT2D eigenvalue weighted by Crippen LogP contribution is 2.15. The number of hydrogen-bond acceptors (Lipinski definition) is 6.